The SMILES string of the molecule is CN(CC1CC(O)C1)C(=O)CCS(C)(=O)=O. The van der Waals surface area contributed by atoms with Crippen molar-refractivity contribution in [3.05, 3.63) is 0 Å². The molecule has 0 atom stereocenters. The highest BCUT2D eigenvalue weighted by Crippen LogP contribution is 2.27. The average molecular weight is 249 g/mol. The minimum atomic E-state index is -3.07. The maximum Gasteiger partial charge on any atom is 0.223 e. The molecule has 1 aliphatic rings. The predicted octanol–water partition coefficient (Wildman–Crippen LogP) is -0.350. The Kier molecular flexibility index (Phi) is 4.32. The van der Waals surface area contributed by atoms with Crippen molar-refractivity contribution in [1.82, 2.24) is 4.90 Å². The first-order chi connectivity index (χ1) is 7.28. The van der Waals surface area contributed by atoms with Crippen molar-refractivity contribution in [3.63, 3.8) is 0 Å². The number of rotatable bonds is 5. The molecule has 0 aromatic rings. The van der Waals surface area contributed by atoms with E-state index < -0.39 is 9.84 Å². The molecule has 1 fully saturated rings. The maximum absolute atomic E-state index is 11.5. The van der Waals surface area contributed by atoms with Crippen molar-refractivity contribution in [2.75, 3.05) is 25.6 Å². The third-order valence-electron chi connectivity index (χ3n) is 2.86. The molecular weight excluding hydrogens is 230 g/mol. The third-order valence-corrected chi connectivity index (χ3v) is 3.80. The molecule has 0 aromatic heterocycles. The number of aliphatic hydroxyl groups is 1. The second-order valence-electron chi connectivity index (χ2n) is 4.65. The van der Waals surface area contributed by atoms with Gasteiger partial charge in [0.25, 0.3) is 0 Å². The van der Waals surface area contributed by atoms with Gasteiger partial charge in [-0.3, -0.25) is 4.79 Å². The molecule has 1 N–H and O–H groups in total. The van der Waals surface area contributed by atoms with E-state index in [9.17, 15) is 13.2 Å². The van der Waals surface area contributed by atoms with E-state index in [0.717, 1.165) is 19.1 Å². The molecule has 1 rings (SSSR count). The van der Waals surface area contributed by atoms with E-state index in [-0.39, 0.29) is 24.2 Å². The summed E-state index contributed by atoms with van der Waals surface area (Å²) in [5.74, 6) is 0.123. The lowest BCUT2D eigenvalue weighted by molar-refractivity contribution is -0.131. The van der Waals surface area contributed by atoms with Crippen LogP contribution in [0.5, 0.6) is 0 Å². The van der Waals surface area contributed by atoms with Gasteiger partial charge in [-0.25, -0.2) is 8.42 Å². The van der Waals surface area contributed by atoms with E-state index in [0.29, 0.717) is 12.5 Å². The molecule has 0 aliphatic heterocycles. The van der Waals surface area contributed by atoms with Crippen LogP contribution in [0, 0.1) is 5.92 Å². The van der Waals surface area contributed by atoms with Gasteiger partial charge in [-0.05, 0) is 18.8 Å². The Bertz CT molecular complexity index is 346. The lowest BCUT2D eigenvalue weighted by Crippen LogP contribution is -2.39. The second-order valence-corrected chi connectivity index (χ2v) is 6.91. The molecule has 0 heterocycles. The first-order valence-electron chi connectivity index (χ1n) is 5.37. The summed E-state index contributed by atoms with van der Waals surface area (Å²) in [6.07, 6.45) is 2.44. The van der Waals surface area contributed by atoms with Crippen LogP contribution in [0.15, 0.2) is 0 Å². The molecule has 1 amide bonds. The van der Waals surface area contributed by atoms with E-state index in [1.165, 1.54) is 0 Å². The van der Waals surface area contributed by atoms with Gasteiger partial charge in [-0.1, -0.05) is 0 Å². The smallest absolute Gasteiger partial charge is 0.223 e. The van der Waals surface area contributed by atoms with Gasteiger partial charge in [0.05, 0.1) is 11.9 Å². The van der Waals surface area contributed by atoms with Crippen LogP contribution in [0.2, 0.25) is 0 Å². The van der Waals surface area contributed by atoms with Crippen molar-refractivity contribution >= 4 is 15.7 Å². The zero-order valence-electron chi connectivity index (χ0n) is 9.72. The number of carbonyl (C=O) groups excluding carboxylic acids is 1. The molecule has 0 aromatic carbocycles. The molecule has 5 nitrogen and oxygen atoms in total. The lowest BCUT2D eigenvalue weighted by atomic mass is 9.82. The highest BCUT2D eigenvalue weighted by Gasteiger charge is 2.29. The largest absolute Gasteiger partial charge is 0.393 e. The van der Waals surface area contributed by atoms with Crippen LogP contribution in [0.1, 0.15) is 19.3 Å². The van der Waals surface area contributed by atoms with Gasteiger partial charge in [0.1, 0.15) is 9.84 Å². The van der Waals surface area contributed by atoms with Gasteiger partial charge < -0.3 is 10.0 Å². The van der Waals surface area contributed by atoms with Gasteiger partial charge in [-0.15, -0.1) is 0 Å². The maximum atomic E-state index is 11.5. The molecule has 0 saturated heterocycles. The number of amides is 1. The number of hydrogen-bond acceptors (Lipinski definition) is 4. The van der Waals surface area contributed by atoms with Crippen LogP contribution in [0.3, 0.4) is 0 Å². The molecule has 0 bridgehead atoms. The number of hydrogen-bond donors (Lipinski definition) is 1. The molecule has 1 aliphatic carbocycles. The molecule has 6 heteroatoms. The molecular formula is C10H19NO4S. The Morgan fingerprint density at radius 1 is 1.44 bits per heavy atom. The third kappa shape index (κ3) is 4.49. The second kappa shape index (κ2) is 5.14. The van der Waals surface area contributed by atoms with Gasteiger partial charge in [0.2, 0.25) is 5.91 Å². The van der Waals surface area contributed by atoms with E-state index in [1.807, 2.05) is 0 Å². The van der Waals surface area contributed by atoms with Crippen molar-refractivity contribution < 1.29 is 18.3 Å². The first-order valence-corrected chi connectivity index (χ1v) is 7.43. The number of sulfone groups is 1. The van der Waals surface area contributed by atoms with Gasteiger partial charge in [-0.2, -0.15) is 0 Å². The summed E-state index contributed by atoms with van der Waals surface area (Å²) in [7, 11) is -1.39. The van der Waals surface area contributed by atoms with E-state index >= 15 is 0 Å². The Labute approximate surface area is 96.4 Å². The van der Waals surface area contributed by atoms with Crippen LogP contribution in [0.25, 0.3) is 0 Å². The zero-order valence-corrected chi connectivity index (χ0v) is 10.5. The van der Waals surface area contributed by atoms with Crippen LogP contribution in [-0.4, -0.2) is 56.0 Å². The van der Waals surface area contributed by atoms with Crippen molar-refractivity contribution in [2.24, 2.45) is 5.92 Å². The Balaban J connectivity index is 2.25. The van der Waals surface area contributed by atoms with E-state index in [1.54, 1.807) is 11.9 Å². The molecule has 0 spiro atoms. The highest BCUT2D eigenvalue weighted by molar-refractivity contribution is 7.90. The number of aliphatic hydroxyl groups excluding tert-OH is 1. The Hall–Kier alpha value is -0.620. The van der Waals surface area contributed by atoms with Crippen LogP contribution in [-0.2, 0) is 14.6 Å². The standard InChI is InChI=1S/C10H19NO4S/c1-11(7-8-5-9(12)6-8)10(13)3-4-16(2,14)15/h8-9,12H,3-7H2,1-2H3. The van der Waals surface area contributed by atoms with E-state index in [4.69, 9.17) is 5.11 Å². The average Bonchev–Trinajstić information content (AvgIpc) is 2.10. The fourth-order valence-corrected chi connectivity index (χ4v) is 2.35. The fourth-order valence-electron chi connectivity index (χ4n) is 1.80. The predicted molar refractivity (Wildman–Crippen MR) is 60.7 cm³/mol. The summed E-state index contributed by atoms with van der Waals surface area (Å²) in [5.41, 5.74) is 0. The van der Waals surface area contributed by atoms with Crippen LogP contribution < -0.4 is 0 Å². The molecule has 94 valence electrons. The summed E-state index contributed by atoms with van der Waals surface area (Å²) in [6, 6.07) is 0. The molecule has 16 heavy (non-hydrogen) atoms. The highest BCUT2D eigenvalue weighted by atomic mass is 32.2. The van der Waals surface area contributed by atoms with E-state index in [2.05, 4.69) is 0 Å². The summed E-state index contributed by atoms with van der Waals surface area (Å²) >= 11 is 0. The van der Waals surface area contributed by atoms with Crippen molar-refractivity contribution in [3.8, 4) is 0 Å². The number of nitrogens with zero attached hydrogens (tertiary/aromatic N) is 1. The normalized spacial score (nSPS) is 24.9. The Morgan fingerprint density at radius 3 is 2.44 bits per heavy atom. The van der Waals surface area contributed by atoms with Crippen molar-refractivity contribution in [1.29, 1.82) is 0 Å². The molecule has 0 radical (unpaired) electrons. The summed E-state index contributed by atoms with van der Waals surface area (Å²) in [4.78, 5) is 13.1. The van der Waals surface area contributed by atoms with Gasteiger partial charge in [0, 0.05) is 26.3 Å². The van der Waals surface area contributed by atoms with Gasteiger partial charge >= 0.3 is 0 Å². The van der Waals surface area contributed by atoms with Crippen LogP contribution in [0.4, 0.5) is 0 Å². The lowest BCUT2D eigenvalue weighted by Gasteiger charge is -2.34. The minimum Gasteiger partial charge on any atom is -0.393 e. The summed E-state index contributed by atoms with van der Waals surface area (Å²) in [6.45, 7) is 0.611. The quantitative estimate of drug-likeness (QED) is 0.722. The summed E-state index contributed by atoms with van der Waals surface area (Å²) < 4.78 is 21.8. The molecule has 1 saturated carbocycles. The first kappa shape index (κ1) is 13.4. The van der Waals surface area contributed by atoms with Gasteiger partial charge in [0.15, 0.2) is 0 Å². The number of carbonyl (C=O) groups is 1. The van der Waals surface area contributed by atoms with Crippen molar-refractivity contribution in [2.45, 2.75) is 25.4 Å². The monoisotopic (exact) mass is 249 g/mol. The molecule has 0 unspecified atom stereocenters. The minimum absolute atomic E-state index is 0.0462. The van der Waals surface area contributed by atoms with Crippen LogP contribution >= 0.6 is 0 Å². The topological polar surface area (TPSA) is 74.7 Å². The summed E-state index contributed by atoms with van der Waals surface area (Å²) in [5, 5.41) is 9.10. The Morgan fingerprint density at radius 2 is 2.00 bits per heavy atom. The zero-order chi connectivity index (χ0) is 12.3. The fraction of sp³-hybridized carbons (Fsp3) is 0.900.